The number of halogens is 2. The first-order chi connectivity index (χ1) is 7.17. The molecule has 0 aliphatic rings. The summed E-state index contributed by atoms with van der Waals surface area (Å²) in [4.78, 5) is 0.528. The molecule has 0 amide bonds. The van der Waals surface area contributed by atoms with Crippen LogP contribution in [0.25, 0.3) is 0 Å². The van der Waals surface area contributed by atoms with Gasteiger partial charge in [0, 0.05) is 24.7 Å². The Hall–Kier alpha value is -0.650. The summed E-state index contributed by atoms with van der Waals surface area (Å²) in [6.07, 6.45) is -0.449. The Morgan fingerprint density at radius 2 is 1.60 bits per heavy atom. The van der Waals surface area contributed by atoms with Gasteiger partial charge < -0.3 is 9.47 Å². The maximum absolute atomic E-state index is 12.0. The Balaban J connectivity index is 2.71. The van der Waals surface area contributed by atoms with E-state index in [1.54, 1.807) is 24.3 Å². The Kier molecular flexibility index (Phi) is 5.01. The van der Waals surface area contributed by atoms with Gasteiger partial charge in [0.05, 0.1) is 0 Å². The van der Waals surface area contributed by atoms with Crippen LogP contribution in [0.15, 0.2) is 29.2 Å². The molecule has 0 heterocycles. The fourth-order valence-electron chi connectivity index (χ4n) is 1.17. The van der Waals surface area contributed by atoms with Gasteiger partial charge in [-0.15, -0.1) is 0 Å². The van der Waals surface area contributed by atoms with Gasteiger partial charge >= 0.3 is 0 Å². The van der Waals surface area contributed by atoms with Crippen LogP contribution in [0, 0.1) is 0 Å². The summed E-state index contributed by atoms with van der Waals surface area (Å²) in [5.41, 5.74) is 0.804. The van der Waals surface area contributed by atoms with Crippen molar-refractivity contribution in [3.05, 3.63) is 29.8 Å². The fraction of sp³-hybridized carbons (Fsp3) is 0.400. The van der Waals surface area contributed by atoms with Crippen molar-refractivity contribution in [3.63, 3.8) is 0 Å². The lowest BCUT2D eigenvalue weighted by molar-refractivity contribution is -0.106. The first-order valence-corrected chi connectivity index (χ1v) is 5.15. The van der Waals surface area contributed by atoms with Crippen molar-refractivity contribution < 1.29 is 18.3 Å². The van der Waals surface area contributed by atoms with Crippen molar-refractivity contribution in [1.29, 1.82) is 0 Å². The van der Waals surface area contributed by atoms with Crippen molar-refractivity contribution in [2.24, 2.45) is 0 Å². The number of ether oxygens (including phenoxy) is 2. The standard InChI is InChI=1S/C10H12F2O2S/c1-13-9(14-2)7-3-5-8(6-4-7)15-10(11)12/h3-6,9-10H,1-2H3. The first kappa shape index (κ1) is 12.4. The van der Waals surface area contributed by atoms with Gasteiger partial charge in [0.1, 0.15) is 0 Å². The van der Waals surface area contributed by atoms with E-state index in [9.17, 15) is 8.78 Å². The summed E-state index contributed by atoms with van der Waals surface area (Å²) >= 11 is 0.519. The second kappa shape index (κ2) is 6.05. The molecular formula is C10H12F2O2S. The molecule has 0 saturated carbocycles. The number of rotatable bonds is 5. The topological polar surface area (TPSA) is 18.5 Å². The van der Waals surface area contributed by atoms with E-state index in [0.29, 0.717) is 16.7 Å². The first-order valence-electron chi connectivity index (χ1n) is 4.27. The average Bonchev–Trinajstić information content (AvgIpc) is 2.21. The van der Waals surface area contributed by atoms with Crippen LogP contribution in [-0.4, -0.2) is 20.0 Å². The fourth-order valence-corrected chi connectivity index (χ4v) is 1.67. The molecule has 0 bridgehead atoms. The second-order valence-corrected chi connectivity index (χ2v) is 3.81. The lowest BCUT2D eigenvalue weighted by Crippen LogP contribution is -2.03. The number of alkyl halides is 2. The van der Waals surface area contributed by atoms with E-state index in [0.717, 1.165) is 5.56 Å². The minimum Gasteiger partial charge on any atom is -0.352 e. The molecule has 0 aliphatic carbocycles. The molecule has 1 aromatic rings. The second-order valence-electron chi connectivity index (χ2n) is 2.75. The predicted octanol–water partition coefficient (Wildman–Crippen LogP) is 3.29. The van der Waals surface area contributed by atoms with Gasteiger partial charge in [0.15, 0.2) is 6.29 Å². The van der Waals surface area contributed by atoms with Crippen LogP contribution < -0.4 is 0 Å². The maximum Gasteiger partial charge on any atom is 0.288 e. The van der Waals surface area contributed by atoms with Gasteiger partial charge in [-0.1, -0.05) is 23.9 Å². The van der Waals surface area contributed by atoms with Crippen molar-refractivity contribution in [3.8, 4) is 0 Å². The minimum absolute atomic E-state index is 0.449. The zero-order chi connectivity index (χ0) is 11.3. The van der Waals surface area contributed by atoms with Crippen LogP contribution in [0.5, 0.6) is 0 Å². The van der Waals surface area contributed by atoms with Gasteiger partial charge in [0.25, 0.3) is 5.76 Å². The highest BCUT2D eigenvalue weighted by Crippen LogP contribution is 2.27. The molecule has 84 valence electrons. The zero-order valence-corrected chi connectivity index (χ0v) is 9.26. The molecule has 0 N–H and O–H groups in total. The number of benzene rings is 1. The molecule has 0 aromatic heterocycles. The number of hydrogen-bond acceptors (Lipinski definition) is 3. The van der Waals surface area contributed by atoms with E-state index in [-0.39, 0.29) is 0 Å². The van der Waals surface area contributed by atoms with E-state index in [4.69, 9.17) is 9.47 Å². The van der Waals surface area contributed by atoms with Crippen molar-refractivity contribution >= 4 is 11.8 Å². The molecule has 0 saturated heterocycles. The number of thioether (sulfide) groups is 1. The average molecular weight is 234 g/mol. The molecule has 0 spiro atoms. The Labute approximate surface area is 91.6 Å². The SMILES string of the molecule is COC(OC)c1ccc(SC(F)F)cc1. The van der Waals surface area contributed by atoms with E-state index in [1.165, 1.54) is 14.2 Å². The smallest absolute Gasteiger partial charge is 0.288 e. The van der Waals surface area contributed by atoms with Gasteiger partial charge in [-0.2, -0.15) is 8.78 Å². The Morgan fingerprint density at radius 1 is 1.07 bits per heavy atom. The molecule has 0 fully saturated rings. The predicted molar refractivity (Wildman–Crippen MR) is 55.1 cm³/mol. The highest BCUT2D eigenvalue weighted by Gasteiger charge is 2.09. The maximum atomic E-state index is 12.0. The molecule has 5 heteroatoms. The molecular weight excluding hydrogens is 222 g/mol. The normalized spacial score (nSPS) is 11.3. The summed E-state index contributed by atoms with van der Waals surface area (Å²) in [6.45, 7) is 0. The summed E-state index contributed by atoms with van der Waals surface area (Å²) in [5, 5.41) is 0. The van der Waals surface area contributed by atoms with Gasteiger partial charge in [-0.05, 0) is 12.1 Å². The monoisotopic (exact) mass is 234 g/mol. The van der Waals surface area contributed by atoms with Gasteiger partial charge in [0.2, 0.25) is 0 Å². The lowest BCUT2D eigenvalue weighted by Gasteiger charge is -2.13. The van der Waals surface area contributed by atoms with Crippen LogP contribution in [0.1, 0.15) is 11.9 Å². The van der Waals surface area contributed by atoms with Crippen LogP contribution in [-0.2, 0) is 9.47 Å². The van der Waals surface area contributed by atoms with Gasteiger partial charge in [-0.25, -0.2) is 0 Å². The summed E-state index contributed by atoms with van der Waals surface area (Å²) in [6, 6.07) is 6.67. The molecule has 1 rings (SSSR count). The molecule has 1 aromatic carbocycles. The highest BCUT2D eigenvalue weighted by atomic mass is 32.2. The molecule has 0 unspecified atom stereocenters. The third-order valence-corrected chi connectivity index (χ3v) is 2.53. The molecule has 0 aliphatic heterocycles. The summed E-state index contributed by atoms with van der Waals surface area (Å²) in [7, 11) is 3.05. The van der Waals surface area contributed by atoms with Crippen LogP contribution in [0.2, 0.25) is 0 Å². The highest BCUT2D eigenvalue weighted by molar-refractivity contribution is 7.99. The van der Waals surface area contributed by atoms with Crippen LogP contribution in [0.3, 0.4) is 0 Å². The quantitative estimate of drug-likeness (QED) is 0.575. The molecule has 2 nitrogen and oxygen atoms in total. The Morgan fingerprint density at radius 3 is 2.00 bits per heavy atom. The number of hydrogen-bond donors (Lipinski definition) is 0. The van der Waals surface area contributed by atoms with Crippen LogP contribution in [0.4, 0.5) is 8.78 Å². The van der Waals surface area contributed by atoms with E-state index in [1.807, 2.05) is 0 Å². The van der Waals surface area contributed by atoms with E-state index >= 15 is 0 Å². The summed E-state index contributed by atoms with van der Waals surface area (Å²) in [5.74, 6) is -2.39. The lowest BCUT2D eigenvalue weighted by atomic mass is 10.2. The van der Waals surface area contributed by atoms with Gasteiger partial charge in [-0.3, -0.25) is 0 Å². The van der Waals surface area contributed by atoms with E-state index < -0.39 is 12.0 Å². The number of methoxy groups -OCH3 is 2. The zero-order valence-electron chi connectivity index (χ0n) is 8.44. The summed E-state index contributed by atoms with van der Waals surface area (Å²) < 4.78 is 34.1. The minimum atomic E-state index is -2.39. The molecule has 0 atom stereocenters. The van der Waals surface area contributed by atoms with Crippen molar-refractivity contribution in [1.82, 2.24) is 0 Å². The third kappa shape index (κ3) is 3.77. The van der Waals surface area contributed by atoms with E-state index in [2.05, 4.69) is 0 Å². The largest absolute Gasteiger partial charge is 0.352 e. The van der Waals surface area contributed by atoms with Crippen LogP contribution >= 0.6 is 11.8 Å². The van der Waals surface area contributed by atoms with Crippen molar-refractivity contribution in [2.45, 2.75) is 16.9 Å². The Bertz CT molecular complexity index is 286. The molecule has 0 radical (unpaired) electrons. The third-order valence-electron chi connectivity index (χ3n) is 1.81. The molecule has 15 heavy (non-hydrogen) atoms. The van der Waals surface area contributed by atoms with Crippen molar-refractivity contribution in [2.75, 3.05) is 14.2 Å².